The molecule has 1 aromatic heterocycles. The first-order chi connectivity index (χ1) is 9.38. The van der Waals surface area contributed by atoms with Crippen molar-refractivity contribution in [2.24, 2.45) is 5.92 Å². The van der Waals surface area contributed by atoms with E-state index in [0.29, 0.717) is 5.92 Å². The van der Waals surface area contributed by atoms with Crippen LogP contribution >= 0.6 is 0 Å². The van der Waals surface area contributed by atoms with E-state index in [1.165, 1.54) is 22.2 Å². The molecule has 1 amide bonds. The second-order valence-corrected chi connectivity index (χ2v) is 6.07. The molecule has 0 spiro atoms. The van der Waals surface area contributed by atoms with E-state index < -0.39 is 0 Å². The van der Waals surface area contributed by atoms with Crippen molar-refractivity contribution in [3.63, 3.8) is 0 Å². The zero-order valence-corrected chi connectivity index (χ0v) is 13.0. The van der Waals surface area contributed by atoms with Crippen LogP contribution in [0, 0.1) is 12.8 Å². The fraction of sp³-hybridized carbons (Fsp3) is 0.471. The third-order valence-electron chi connectivity index (χ3n) is 3.60. The fourth-order valence-electron chi connectivity index (χ4n) is 2.89. The van der Waals surface area contributed by atoms with Crippen LogP contribution in [0.25, 0.3) is 10.9 Å². The van der Waals surface area contributed by atoms with Gasteiger partial charge in [0.2, 0.25) is 5.91 Å². The van der Waals surface area contributed by atoms with Gasteiger partial charge in [0.05, 0.1) is 6.04 Å². The van der Waals surface area contributed by atoms with Crippen LogP contribution in [0.2, 0.25) is 0 Å². The Bertz CT molecular complexity index is 625. The highest BCUT2D eigenvalue weighted by molar-refractivity contribution is 5.86. The first-order valence-electron chi connectivity index (χ1n) is 7.26. The molecule has 0 aliphatic heterocycles. The SMILES string of the molecule is CC(=O)N[C@@H](C)c1c(C)ccc2[nH]c(CC(C)C)cc12. The molecule has 3 nitrogen and oxygen atoms in total. The number of hydrogen-bond donors (Lipinski definition) is 2. The summed E-state index contributed by atoms with van der Waals surface area (Å²) in [5.74, 6) is 0.632. The average Bonchev–Trinajstić information content (AvgIpc) is 2.68. The van der Waals surface area contributed by atoms with E-state index in [1.807, 2.05) is 6.92 Å². The van der Waals surface area contributed by atoms with Gasteiger partial charge in [-0.05, 0) is 49.4 Å². The number of H-pyrrole nitrogens is 1. The fourth-order valence-corrected chi connectivity index (χ4v) is 2.89. The Labute approximate surface area is 120 Å². The normalized spacial score (nSPS) is 12.9. The lowest BCUT2D eigenvalue weighted by atomic mass is 9.97. The lowest BCUT2D eigenvalue weighted by molar-refractivity contribution is -0.119. The number of aryl methyl sites for hydroxylation is 1. The van der Waals surface area contributed by atoms with Crippen molar-refractivity contribution in [2.75, 3.05) is 0 Å². The molecule has 1 atom stereocenters. The number of aromatic nitrogens is 1. The van der Waals surface area contributed by atoms with Crippen LogP contribution in [0.1, 0.15) is 50.6 Å². The summed E-state index contributed by atoms with van der Waals surface area (Å²) in [6, 6.07) is 6.50. The molecule has 0 aliphatic rings. The van der Waals surface area contributed by atoms with Gasteiger partial charge in [0, 0.05) is 23.5 Å². The molecule has 0 bridgehead atoms. The van der Waals surface area contributed by atoms with Crippen molar-refractivity contribution in [1.29, 1.82) is 0 Å². The number of benzene rings is 1. The Hall–Kier alpha value is -1.77. The molecule has 0 radical (unpaired) electrons. The Morgan fingerprint density at radius 3 is 2.60 bits per heavy atom. The molecule has 0 saturated heterocycles. The number of rotatable bonds is 4. The number of fused-ring (bicyclic) bond motifs is 1. The van der Waals surface area contributed by atoms with Gasteiger partial charge in [-0.2, -0.15) is 0 Å². The molecule has 3 heteroatoms. The van der Waals surface area contributed by atoms with Gasteiger partial charge < -0.3 is 10.3 Å². The summed E-state index contributed by atoms with van der Waals surface area (Å²) in [4.78, 5) is 14.8. The van der Waals surface area contributed by atoms with Gasteiger partial charge in [-0.25, -0.2) is 0 Å². The first-order valence-corrected chi connectivity index (χ1v) is 7.26. The monoisotopic (exact) mass is 272 g/mol. The van der Waals surface area contributed by atoms with E-state index in [0.717, 1.165) is 11.9 Å². The van der Waals surface area contributed by atoms with Crippen molar-refractivity contribution < 1.29 is 4.79 Å². The third-order valence-corrected chi connectivity index (χ3v) is 3.60. The molecule has 108 valence electrons. The van der Waals surface area contributed by atoms with Gasteiger partial charge in [0.1, 0.15) is 0 Å². The highest BCUT2D eigenvalue weighted by atomic mass is 16.1. The molecule has 0 fully saturated rings. The minimum Gasteiger partial charge on any atom is -0.358 e. The topological polar surface area (TPSA) is 44.9 Å². The van der Waals surface area contributed by atoms with Crippen LogP contribution in [-0.2, 0) is 11.2 Å². The highest BCUT2D eigenvalue weighted by Crippen LogP contribution is 2.29. The maximum absolute atomic E-state index is 11.3. The second-order valence-electron chi connectivity index (χ2n) is 6.07. The maximum Gasteiger partial charge on any atom is 0.217 e. The van der Waals surface area contributed by atoms with Crippen molar-refractivity contribution in [3.05, 3.63) is 35.0 Å². The summed E-state index contributed by atoms with van der Waals surface area (Å²) in [6.45, 7) is 10.1. The van der Waals surface area contributed by atoms with E-state index in [2.05, 4.69) is 49.3 Å². The molecule has 2 N–H and O–H groups in total. The van der Waals surface area contributed by atoms with Gasteiger partial charge in [0.15, 0.2) is 0 Å². The number of carbonyl (C=O) groups excluding carboxylic acids is 1. The summed E-state index contributed by atoms with van der Waals surface area (Å²) in [5, 5.41) is 4.21. The summed E-state index contributed by atoms with van der Waals surface area (Å²) in [5.41, 5.74) is 4.84. The molecule has 2 aromatic rings. The third kappa shape index (κ3) is 3.03. The lowest BCUT2D eigenvalue weighted by Crippen LogP contribution is -2.24. The summed E-state index contributed by atoms with van der Waals surface area (Å²) in [6.07, 6.45) is 1.04. The summed E-state index contributed by atoms with van der Waals surface area (Å²) < 4.78 is 0. The lowest BCUT2D eigenvalue weighted by Gasteiger charge is -2.16. The Balaban J connectivity index is 2.48. The minimum atomic E-state index is 0.00634. The van der Waals surface area contributed by atoms with E-state index in [1.54, 1.807) is 6.92 Å². The predicted molar refractivity (Wildman–Crippen MR) is 83.8 cm³/mol. The van der Waals surface area contributed by atoms with Crippen LogP contribution in [0.15, 0.2) is 18.2 Å². The van der Waals surface area contributed by atoms with Gasteiger partial charge in [0.25, 0.3) is 0 Å². The average molecular weight is 272 g/mol. The van der Waals surface area contributed by atoms with Gasteiger partial charge >= 0.3 is 0 Å². The quantitative estimate of drug-likeness (QED) is 0.872. The van der Waals surface area contributed by atoms with Crippen LogP contribution < -0.4 is 5.32 Å². The summed E-state index contributed by atoms with van der Waals surface area (Å²) in [7, 11) is 0. The maximum atomic E-state index is 11.3. The van der Waals surface area contributed by atoms with E-state index >= 15 is 0 Å². The molecule has 1 heterocycles. The predicted octanol–water partition coefficient (Wildman–Crippen LogP) is 3.87. The van der Waals surface area contributed by atoms with Crippen LogP contribution in [0.3, 0.4) is 0 Å². The van der Waals surface area contributed by atoms with Crippen molar-refractivity contribution in [2.45, 2.75) is 47.1 Å². The summed E-state index contributed by atoms with van der Waals surface area (Å²) >= 11 is 0. The number of aromatic amines is 1. The number of amides is 1. The van der Waals surface area contributed by atoms with E-state index in [9.17, 15) is 4.79 Å². The molecule has 0 aliphatic carbocycles. The van der Waals surface area contributed by atoms with E-state index in [-0.39, 0.29) is 11.9 Å². The Morgan fingerprint density at radius 1 is 1.30 bits per heavy atom. The van der Waals surface area contributed by atoms with Gasteiger partial charge in [-0.15, -0.1) is 0 Å². The molecule has 0 unspecified atom stereocenters. The zero-order chi connectivity index (χ0) is 14.9. The molecule has 0 saturated carbocycles. The number of hydrogen-bond acceptors (Lipinski definition) is 1. The van der Waals surface area contributed by atoms with Gasteiger partial charge in [-0.1, -0.05) is 19.9 Å². The molecular formula is C17H24N2O. The first kappa shape index (κ1) is 14.6. The Morgan fingerprint density at radius 2 is 2.00 bits per heavy atom. The van der Waals surface area contributed by atoms with Crippen molar-refractivity contribution in [3.8, 4) is 0 Å². The largest absolute Gasteiger partial charge is 0.358 e. The molecule has 20 heavy (non-hydrogen) atoms. The van der Waals surface area contributed by atoms with Gasteiger partial charge in [-0.3, -0.25) is 4.79 Å². The van der Waals surface area contributed by atoms with E-state index in [4.69, 9.17) is 0 Å². The standard InChI is InChI=1S/C17H24N2O/c1-10(2)8-14-9-15-16(19-14)7-6-11(3)17(15)12(4)18-13(5)20/h6-7,9-10,12,19H,8H2,1-5H3,(H,18,20)/t12-/m0/s1. The molecule has 1 aromatic carbocycles. The van der Waals surface area contributed by atoms with Crippen LogP contribution in [-0.4, -0.2) is 10.9 Å². The molecule has 2 rings (SSSR count). The Kier molecular flexibility index (Phi) is 4.17. The second kappa shape index (κ2) is 5.70. The molecular weight excluding hydrogens is 248 g/mol. The smallest absolute Gasteiger partial charge is 0.217 e. The highest BCUT2D eigenvalue weighted by Gasteiger charge is 2.15. The number of carbonyl (C=O) groups is 1. The minimum absolute atomic E-state index is 0.00634. The van der Waals surface area contributed by atoms with Crippen molar-refractivity contribution in [1.82, 2.24) is 10.3 Å². The van der Waals surface area contributed by atoms with Crippen LogP contribution in [0.5, 0.6) is 0 Å². The van der Waals surface area contributed by atoms with Crippen LogP contribution in [0.4, 0.5) is 0 Å². The zero-order valence-electron chi connectivity index (χ0n) is 13.0. The number of nitrogens with one attached hydrogen (secondary N) is 2. The van der Waals surface area contributed by atoms with Crippen molar-refractivity contribution >= 4 is 16.8 Å².